The molecule has 0 N–H and O–H groups in total. The first-order valence-corrected chi connectivity index (χ1v) is 7.88. The lowest BCUT2D eigenvalue weighted by atomic mass is 9.77. The monoisotopic (exact) mass is 386 g/mol. The molecule has 3 atom stereocenters. The minimum absolute atomic E-state index is 0.0318. The molecule has 2 nitrogen and oxygen atoms in total. The van der Waals surface area contributed by atoms with Crippen molar-refractivity contribution < 1.29 is 9.53 Å². The largest absolute Gasteiger partial charge is 0.458 e. The van der Waals surface area contributed by atoms with Gasteiger partial charge in [0.15, 0.2) is 0 Å². The zero-order chi connectivity index (χ0) is 13.2. The number of allylic oxidation sites excluding steroid dienone is 1. The number of hydrogen-bond acceptors (Lipinski definition) is 2. The summed E-state index contributed by atoms with van der Waals surface area (Å²) in [6.45, 7) is 5.75. The first-order valence-electron chi connectivity index (χ1n) is 5.52. The smallest absolute Gasteiger partial charge is 0.303 e. The van der Waals surface area contributed by atoms with Crippen LogP contribution in [0.25, 0.3) is 0 Å². The van der Waals surface area contributed by atoms with Crippen molar-refractivity contribution >= 4 is 49.4 Å². The Morgan fingerprint density at radius 3 is 2.76 bits per heavy atom. The summed E-state index contributed by atoms with van der Waals surface area (Å²) in [5, 5.41) is 0. The van der Waals surface area contributed by atoms with E-state index in [9.17, 15) is 4.79 Å². The molecule has 0 bridgehead atoms. The Bertz CT molecular complexity index is 328. The minimum atomic E-state index is -0.255. The number of rotatable bonds is 3. The second-order valence-corrected chi connectivity index (χ2v) is 7.41. The van der Waals surface area contributed by atoms with E-state index in [1.807, 2.05) is 0 Å². The molecule has 0 saturated carbocycles. The van der Waals surface area contributed by atoms with Crippen molar-refractivity contribution in [2.45, 2.75) is 43.0 Å². The third-order valence-electron chi connectivity index (χ3n) is 2.94. The Morgan fingerprint density at radius 2 is 2.29 bits per heavy atom. The average molecular weight is 389 g/mol. The lowest BCUT2D eigenvalue weighted by Crippen LogP contribution is -2.38. The highest BCUT2D eigenvalue weighted by Crippen LogP contribution is 2.41. The van der Waals surface area contributed by atoms with E-state index >= 15 is 0 Å². The number of carbonyl (C=O) groups excluding carboxylic acids is 1. The van der Waals surface area contributed by atoms with E-state index in [0.717, 1.165) is 12.0 Å². The number of esters is 1. The minimum Gasteiger partial charge on any atom is -0.458 e. The molecule has 0 aliphatic heterocycles. The maximum Gasteiger partial charge on any atom is 0.303 e. The van der Waals surface area contributed by atoms with Crippen LogP contribution in [0.1, 0.15) is 27.2 Å². The molecular formula is C12H17Br2ClO2. The molecule has 1 unspecified atom stereocenters. The zero-order valence-electron chi connectivity index (χ0n) is 10.2. The molecule has 0 spiro atoms. The molecule has 0 saturated heterocycles. The molecule has 0 heterocycles. The van der Waals surface area contributed by atoms with Crippen molar-refractivity contribution in [1.82, 2.24) is 0 Å². The highest BCUT2D eigenvalue weighted by atomic mass is 79.9. The van der Waals surface area contributed by atoms with Crippen LogP contribution in [0.3, 0.4) is 0 Å². The second kappa shape index (κ2) is 6.07. The van der Waals surface area contributed by atoms with Crippen LogP contribution in [-0.2, 0) is 9.53 Å². The van der Waals surface area contributed by atoms with Crippen molar-refractivity contribution in [3.8, 4) is 0 Å². The van der Waals surface area contributed by atoms with E-state index in [4.69, 9.17) is 16.3 Å². The first-order chi connectivity index (χ1) is 7.77. The molecule has 98 valence electrons. The topological polar surface area (TPSA) is 26.3 Å². The summed E-state index contributed by atoms with van der Waals surface area (Å²) >= 11 is 13.1. The fraction of sp³-hybridized carbons (Fsp3) is 0.750. The number of carbonyl (C=O) groups is 1. The third kappa shape index (κ3) is 3.97. The van der Waals surface area contributed by atoms with Crippen molar-refractivity contribution in [3.63, 3.8) is 0 Å². The van der Waals surface area contributed by atoms with Crippen LogP contribution in [0.4, 0.5) is 0 Å². The van der Waals surface area contributed by atoms with Gasteiger partial charge >= 0.3 is 5.97 Å². The van der Waals surface area contributed by atoms with Gasteiger partial charge in [0, 0.05) is 24.1 Å². The van der Waals surface area contributed by atoms with Gasteiger partial charge in [0.05, 0.1) is 4.83 Å². The molecule has 1 aliphatic carbocycles. The quantitative estimate of drug-likeness (QED) is 0.414. The van der Waals surface area contributed by atoms with Crippen LogP contribution in [0.15, 0.2) is 11.6 Å². The van der Waals surface area contributed by atoms with Gasteiger partial charge in [-0.2, -0.15) is 0 Å². The summed E-state index contributed by atoms with van der Waals surface area (Å²) in [4.78, 5) is 11.5. The number of halogens is 3. The Morgan fingerprint density at radius 1 is 1.71 bits per heavy atom. The van der Waals surface area contributed by atoms with E-state index < -0.39 is 0 Å². The van der Waals surface area contributed by atoms with Gasteiger partial charge in [0.25, 0.3) is 0 Å². The van der Waals surface area contributed by atoms with Gasteiger partial charge in [0.1, 0.15) is 6.10 Å². The van der Waals surface area contributed by atoms with Gasteiger partial charge < -0.3 is 4.74 Å². The molecule has 1 rings (SSSR count). The Hall–Kier alpha value is 0.460. The summed E-state index contributed by atoms with van der Waals surface area (Å²) in [5.41, 5.74) is 1.10. The van der Waals surface area contributed by atoms with Gasteiger partial charge in [-0.1, -0.05) is 51.8 Å². The van der Waals surface area contributed by atoms with Crippen LogP contribution in [0.5, 0.6) is 0 Å². The van der Waals surface area contributed by atoms with Crippen LogP contribution in [-0.4, -0.2) is 27.6 Å². The predicted molar refractivity (Wildman–Crippen MR) is 78.2 cm³/mol. The van der Waals surface area contributed by atoms with Crippen molar-refractivity contribution in [1.29, 1.82) is 0 Å². The summed E-state index contributed by atoms with van der Waals surface area (Å²) in [6.07, 6.45) is 2.75. The first kappa shape index (κ1) is 15.5. The molecule has 5 heteroatoms. The van der Waals surface area contributed by atoms with E-state index in [-0.39, 0.29) is 27.1 Å². The van der Waals surface area contributed by atoms with Gasteiger partial charge in [0.2, 0.25) is 0 Å². The van der Waals surface area contributed by atoms with Crippen molar-refractivity contribution in [2.75, 3.05) is 5.88 Å². The van der Waals surface area contributed by atoms with E-state index in [2.05, 4.69) is 51.8 Å². The summed E-state index contributed by atoms with van der Waals surface area (Å²) in [5.74, 6) is 0.210. The molecule has 0 radical (unpaired) electrons. The van der Waals surface area contributed by atoms with Crippen LogP contribution >= 0.6 is 43.5 Å². The molecule has 1 aliphatic rings. The fourth-order valence-corrected chi connectivity index (χ4v) is 3.02. The standard InChI is InChI=1S/C12H17Br2ClO2/c1-7(16)17-10-4-11(14)12(2,3)5-8(10)9(13)6-15/h5,9-11H,4,6H2,1-3H3/t9?,10-,11-/m0/s1. The van der Waals surface area contributed by atoms with Crippen LogP contribution < -0.4 is 0 Å². The lowest BCUT2D eigenvalue weighted by Gasteiger charge is -2.38. The number of hydrogen-bond donors (Lipinski definition) is 0. The van der Waals surface area contributed by atoms with Gasteiger partial charge in [-0.05, 0) is 11.0 Å². The Balaban J connectivity index is 3.00. The summed E-state index contributed by atoms with van der Waals surface area (Å²) in [6, 6.07) is 0. The van der Waals surface area contributed by atoms with Gasteiger partial charge in [-0.15, -0.1) is 11.6 Å². The van der Waals surface area contributed by atoms with Gasteiger partial charge in [-0.25, -0.2) is 0 Å². The van der Waals surface area contributed by atoms with E-state index in [1.54, 1.807) is 0 Å². The van der Waals surface area contributed by atoms with E-state index in [0.29, 0.717) is 5.88 Å². The molecule has 17 heavy (non-hydrogen) atoms. The summed E-state index contributed by atoms with van der Waals surface area (Å²) < 4.78 is 5.36. The predicted octanol–water partition coefficient (Wildman–Crippen LogP) is 4.04. The van der Waals surface area contributed by atoms with Crippen LogP contribution in [0, 0.1) is 5.41 Å². The third-order valence-corrected chi connectivity index (χ3v) is 6.03. The Labute approximate surface area is 124 Å². The van der Waals surface area contributed by atoms with Gasteiger partial charge in [-0.3, -0.25) is 4.79 Å². The van der Waals surface area contributed by atoms with Crippen LogP contribution in [0.2, 0.25) is 0 Å². The fourth-order valence-electron chi connectivity index (χ4n) is 1.94. The number of ether oxygens (including phenoxy) is 1. The molecular weight excluding hydrogens is 371 g/mol. The highest BCUT2D eigenvalue weighted by Gasteiger charge is 2.38. The molecule has 0 aromatic heterocycles. The number of alkyl halides is 3. The SMILES string of the molecule is CC(=O)O[C@H]1C[C@H](Br)C(C)(C)C=C1C(Br)CCl. The normalized spacial score (nSPS) is 29.4. The maximum absolute atomic E-state index is 11.1. The molecule has 0 aromatic rings. The Kier molecular flexibility index (Phi) is 5.54. The lowest BCUT2D eigenvalue weighted by molar-refractivity contribution is -0.145. The molecule has 0 fully saturated rings. The van der Waals surface area contributed by atoms with Crippen molar-refractivity contribution in [3.05, 3.63) is 11.6 Å². The molecule has 0 amide bonds. The summed E-state index contributed by atoms with van der Waals surface area (Å²) in [7, 11) is 0. The maximum atomic E-state index is 11.1. The van der Waals surface area contributed by atoms with Crippen molar-refractivity contribution in [2.24, 2.45) is 5.41 Å². The molecule has 0 aromatic carbocycles. The highest BCUT2D eigenvalue weighted by molar-refractivity contribution is 9.09. The zero-order valence-corrected chi connectivity index (χ0v) is 14.1. The van der Waals surface area contributed by atoms with E-state index in [1.165, 1.54) is 6.92 Å². The average Bonchev–Trinajstić information content (AvgIpc) is 2.21. The second-order valence-electron chi connectivity index (χ2n) is 4.89.